The van der Waals surface area contributed by atoms with E-state index < -0.39 is 44.1 Å². The fourth-order valence-electron chi connectivity index (χ4n) is 5.50. The van der Waals surface area contributed by atoms with Gasteiger partial charge in [-0.2, -0.15) is 0 Å². The first-order chi connectivity index (χ1) is 21.2. The molecule has 0 spiro atoms. The molecule has 45 heavy (non-hydrogen) atoms. The monoisotopic (exact) mass is 747 g/mol. The number of nitrogens with one attached hydrogen (secondary N) is 1. The van der Waals surface area contributed by atoms with E-state index in [4.69, 9.17) is 9.16 Å². The Kier molecular flexibility index (Phi) is 15.4. The van der Waals surface area contributed by atoms with Crippen molar-refractivity contribution in [3.05, 3.63) is 75.6 Å². The van der Waals surface area contributed by atoms with Crippen molar-refractivity contribution in [2.75, 3.05) is 7.11 Å². The topological polar surface area (TPSA) is 64.6 Å². The summed E-state index contributed by atoms with van der Waals surface area (Å²) in [6.45, 7) is 17.4. The van der Waals surface area contributed by atoms with Gasteiger partial charge in [-0.3, -0.25) is 0 Å². The van der Waals surface area contributed by atoms with E-state index in [2.05, 4.69) is 60.0 Å². The van der Waals surface area contributed by atoms with Gasteiger partial charge in [-0.25, -0.2) is 0 Å². The van der Waals surface area contributed by atoms with Gasteiger partial charge in [0.05, 0.1) is 0 Å². The second-order valence-corrected chi connectivity index (χ2v) is 31.7. The van der Waals surface area contributed by atoms with E-state index in [1.807, 2.05) is 30.3 Å². The van der Waals surface area contributed by atoms with Gasteiger partial charge in [0.25, 0.3) is 0 Å². The Labute approximate surface area is 277 Å². The average Bonchev–Trinajstić information content (AvgIpc) is 3.00. The molecule has 1 amide bonds. The molecule has 0 aliphatic rings. The third kappa shape index (κ3) is 11.0. The Morgan fingerprint density at radius 3 is 1.93 bits per heavy atom. The number of hydrogen-bond donors (Lipinski definition) is 1. The van der Waals surface area contributed by atoms with Crippen LogP contribution in [0, 0.1) is 0 Å². The van der Waals surface area contributed by atoms with Gasteiger partial charge in [-0.1, -0.05) is 0 Å². The van der Waals surface area contributed by atoms with Crippen LogP contribution in [0.25, 0.3) is 0 Å². The van der Waals surface area contributed by atoms with Crippen LogP contribution in [0.4, 0.5) is 4.39 Å². The van der Waals surface area contributed by atoms with Crippen molar-refractivity contribution in [2.45, 2.75) is 123 Å². The molecule has 250 valence electrons. The Hall–Kier alpha value is -2.13. The molecule has 0 aromatic heterocycles. The van der Waals surface area contributed by atoms with E-state index in [0.29, 0.717) is 11.3 Å². The van der Waals surface area contributed by atoms with Crippen LogP contribution in [-0.4, -0.2) is 51.2 Å². The second kappa shape index (κ2) is 17.7. The normalized spacial score (nSPS) is 14.0. The molecule has 0 unspecified atom stereocenters. The number of rotatable bonds is 18. The number of esters is 1. The summed E-state index contributed by atoms with van der Waals surface area (Å²) in [5.41, 5.74) is -0.577. The van der Waals surface area contributed by atoms with Gasteiger partial charge in [-0.15, -0.1) is 0 Å². The van der Waals surface area contributed by atoms with Crippen molar-refractivity contribution >= 4 is 38.6 Å². The van der Waals surface area contributed by atoms with Crippen molar-refractivity contribution < 1.29 is 23.1 Å². The molecular weight excluding hydrogens is 688 g/mol. The van der Waals surface area contributed by atoms with Crippen LogP contribution < -0.4 is 9.74 Å². The van der Waals surface area contributed by atoms with Gasteiger partial charge >= 0.3 is 279 Å². The number of ether oxygens (including phenoxy) is 1. The molecule has 0 bridgehead atoms. The number of benzene rings is 2. The summed E-state index contributed by atoms with van der Waals surface area (Å²) in [6, 6.07) is 16.4. The van der Waals surface area contributed by atoms with E-state index in [0.717, 1.165) is 57.4 Å². The summed E-state index contributed by atoms with van der Waals surface area (Å²) in [5.74, 6) is -0.423. The SMILES string of the molecule is CCC[CH2][Sn]([CH2]CCC)([CH2]CCC)/[C](F)=C/[C@](Cc1cccc(O[Si](C)(C)C(C)(C)C)c1)(NC(=O)c1ccccc1)C(=O)OC. The Morgan fingerprint density at radius 2 is 1.44 bits per heavy atom. The van der Waals surface area contributed by atoms with Crippen molar-refractivity contribution in [3.63, 3.8) is 0 Å². The van der Waals surface area contributed by atoms with Gasteiger partial charge in [-0.05, 0) is 0 Å². The molecule has 2 aromatic carbocycles. The van der Waals surface area contributed by atoms with Crippen LogP contribution in [0.3, 0.4) is 0 Å². The first-order valence-corrected chi connectivity index (χ1v) is 27.2. The van der Waals surface area contributed by atoms with E-state index in [1.165, 1.54) is 13.2 Å². The third-order valence-electron chi connectivity index (χ3n) is 9.39. The van der Waals surface area contributed by atoms with Gasteiger partial charge in [0.2, 0.25) is 0 Å². The predicted molar refractivity (Wildman–Crippen MR) is 191 cm³/mol. The molecule has 0 aliphatic carbocycles. The fraction of sp³-hybridized carbons (Fsp3) is 0.568. The number of unbranched alkanes of at least 4 members (excludes halogenated alkanes) is 3. The summed E-state index contributed by atoms with van der Waals surface area (Å²) in [7, 11) is -0.839. The quantitative estimate of drug-likeness (QED) is 0.122. The van der Waals surface area contributed by atoms with E-state index in [-0.39, 0.29) is 15.3 Å². The van der Waals surface area contributed by atoms with Gasteiger partial charge < -0.3 is 0 Å². The van der Waals surface area contributed by atoms with Crippen molar-refractivity contribution in [1.29, 1.82) is 0 Å². The van der Waals surface area contributed by atoms with Crippen molar-refractivity contribution in [3.8, 4) is 5.75 Å². The number of carbonyl (C=O) groups is 2. The molecule has 0 heterocycles. The van der Waals surface area contributed by atoms with E-state index in [1.54, 1.807) is 24.3 Å². The first kappa shape index (κ1) is 39.0. The Bertz CT molecular complexity index is 1240. The molecule has 0 fully saturated rings. The summed E-state index contributed by atoms with van der Waals surface area (Å²) in [4.78, 5) is 27.6. The van der Waals surface area contributed by atoms with Gasteiger partial charge in [0, 0.05) is 0 Å². The molecule has 0 saturated carbocycles. The molecule has 1 N–H and O–H groups in total. The summed E-state index contributed by atoms with van der Waals surface area (Å²) in [5, 5.41) is 2.98. The number of amides is 1. The number of halogens is 1. The second-order valence-electron chi connectivity index (χ2n) is 14.1. The fourth-order valence-corrected chi connectivity index (χ4v) is 21.1. The number of carbonyl (C=O) groups excluding carboxylic acids is 2. The molecule has 2 rings (SSSR count). The molecule has 2 aromatic rings. The van der Waals surface area contributed by atoms with E-state index >= 15 is 4.39 Å². The summed E-state index contributed by atoms with van der Waals surface area (Å²) in [6.07, 6.45) is 7.42. The zero-order chi connectivity index (χ0) is 33.7. The molecule has 0 aliphatic heterocycles. The standard InChI is InChI=1S/C25H31FNO4Si.3C4H9.Sn/c1-24(2,3)32(5,6)31-21-14-10-11-19(17-21)18-25(15-16-26,23(29)30-4)27-22(28)20-12-8-7-9-13-20;3*1-3-4-2;/h7-15,17H,18H2,1-6H3,(H,27,28);3*1,3-4H2,2H3;/t25-;;;;/m1..../s1. The number of methoxy groups -OCH3 is 1. The molecule has 5 nitrogen and oxygen atoms in total. The van der Waals surface area contributed by atoms with Crippen molar-refractivity contribution in [2.24, 2.45) is 0 Å². The molecular formula is C37H58FNO4SiSn. The van der Waals surface area contributed by atoms with Crippen LogP contribution in [0.1, 0.15) is 96.0 Å². The zero-order valence-electron chi connectivity index (χ0n) is 29.4. The van der Waals surface area contributed by atoms with Gasteiger partial charge in [0.15, 0.2) is 0 Å². The molecule has 1 atom stereocenters. The van der Waals surface area contributed by atoms with Gasteiger partial charge in [0.1, 0.15) is 0 Å². The minimum atomic E-state index is -3.60. The molecule has 0 radical (unpaired) electrons. The Morgan fingerprint density at radius 1 is 0.889 bits per heavy atom. The maximum absolute atomic E-state index is 17.2. The Balaban J connectivity index is 2.77. The van der Waals surface area contributed by atoms with Crippen LogP contribution in [0.2, 0.25) is 31.4 Å². The minimum absolute atomic E-state index is 0.0000991. The summed E-state index contributed by atoms with van der Waals surface area (Å²) < 4.78 is 31.8. The van der Waals surface area contributed by atoms with Crippen LogP contribution in [0.15, 0.2) is 64.5 Å². The summed E-state index contributed by atoms with van der Waals surface area (Å²) >= 11 is -3.60. The van der Waals surface area contributed by atoms with Crippen LogP contribution in [0.5, 0.6) is 5.75 Å². The molecule has 0 saturated heterocycles. The number of hydrogen-bond acceptors (Lipinski definition) is 4. The zero-order valence-corrected chi connectivity index (χ0v) is 33.2. The average molecular weight is 747 g/mol. The van der Waals surface area contributed by atoms with E-state index in [9.17, 15) is 9.59 Å². The van der Waals surface area contributed by atoms with Crippen LogP contribution in [-0.2, 0) is 16.0 Å². The van der Waals surface area contributed by atoms with Crippen LogP contribution >= 0.6 is 0 Å². The molecule has 8 heteroatoms. The van der Waals surface area contributed by atoms with Crippen molar-refractivity contribution in [1.82, 2.24) is 5.32 Å². The maximum atomic E-state index is 17.2. The predicted octanol–water partition coefficient (Wildman–Crippen LogP) is 10.2. The third-order valence-corrected chi connectivity index (χ3v) is 28.3. The first-order valence-electron chi connectivity index (χ1n) is 16.8.